The third kappa shape index (κ3) is 701. The molecule has 0 heterocycles. The number of hydrogen-bond donors (Lipinski definition) is 0. The Kier molecular flexibility index (Phi) is 276. The van der Waals surface area contributed by atoms with Crippen molar-refractivity contribution in [3.05, 3.63) is 0 Å². The highest BCUT2D eigenvalue weighted by Crippen LogP contribution is 2.04. The van der Waals surface area contributed by atoms with E-state index in [4.69, 9.17) is 0 Å². The second kappa shape index (κ2) is 180. The van der Waals surface area contributed by atoms with Gasteiger partial charge in [0.1, 0.15) is 0 Å². The monoisotopic (exact) mass is 1730 g/mol. The molecule has 0 aromatic rings. The predicted octanol–water partition coefficient (Wildman–Crippen LogP) is 49.3. The first kappa shape index (κ1) is 184. The van der Waals surface area contributed by atoms with Crippen molar-refractivity contribution in [3.8, 4) is 0 Å². The summed E-state index contributed by atoms with van der Waals surface area (Å²) in [7, 11) is 0. The van der Waals surface area contributed by atoms with Gasteiger partial charge in [-0.2, -0.15) is 0 Å². The van der Waals surface area contributed by atoms with E-state index in [9.17, 15) is 0 Å². The van der Waals surface area contributed by atoms with Gasteiger partial charge in [-0.15, -0.1) is 0 Å². The highest BCUT2D eigenvalue weighted by Gasteiger charge is 1.90. The average molecular weight is 1730 g/mol. The molecule has 0 heteroatoms. The molecule has 768 valence electrons. The fraction of sp³-hybridized carbons (Fsp3) is 1.00. The van der Waals surface area contributed by atoms with Crippen molar-refractivity contribution in [2.45, 2.75) is 653 Å². The highest BCUT2D eigenvalue weighted by molar-refractivity contribution is 4.43. The fourth-order valence-electron chi connectivity index (χ4n) is 0. The minimum atomic E-state index is 0.884. The van der Waals surface area contributed by atoms with Crippen LogP contribution in [-0.4, -0.2) is 0 Å². The van der Waals surface area contributed by atoms with E-state index in [1.165, 1.54) is 154 Å². The van der Waals surface area contributed by atoms with Crippen LogP contribution in [0.3, 0.4) is 0 Å². The van der Waals surface area contributed by atoms with Crippen molar-refractivity contribution in [2.24, 2.45) is 142 Å². The lowest BCUT2D eigenvalue weighted by molar-refractivity contribution is 0.626. The van der Waals surface area contributed by atoms with E-state index >= 15 is 0 Å². The first-order chi connectivity index (χ1) is 54.5. The molecule has 0 N–H and O–H groups in total. The van der Waals surface area contributed by atoms with Crippen molar-refractivity contribution in [1.82, 2.24) is 0 Å². The van der Waals surface area contributed by atoms with Gasteiger partial charge in [-0.1, -0.05) is 653 Å². The summed E-state index contributed by atoms with van der Waals surface area (Å²) in [6, 6.07) is 0. The summed E-state index contributed by atoms with van der Waals surface area (Å²) in [6.45, 7) is 159. The van der Waals surface area contributed by atoms with Gasteiger partial charge in [0.25, 0.3) is 0 Å². The number of hydrogen-bond acceptors (Lipinski definition) is 0. The Balaban J connectivity index is -0.0000000364. The Morgan fingerprint density at radius 3 is 0.0667 bits per heavy atom. The summed E-state index contributed by atoms with van der Waals surface area (Å²) in [6.07, 6.45) is 31.3. The second-order valence-electron chi connectivity index (χ2n) is 43.3. The molecule has 0 spiro atoms. The van der Waals surface area contributed by atoms with Crippen molar-refractivity contribution in [2.75, 3.05) is 0 Å². The van der Waals surface area contributed by atoms with Crippen LogP contribution in [0.25, 0.3) is 0 Å². The molecule has 0 aliphatic heterocycles. The molecule has 0 radical (unpaired) electrons. The summed E-state index contributed by atoms with van der Waals surface area (Å²) in [5.74, 6) is 21.2. The maximum Gasteiger partial charge on any atom is -0.0474 e. The topological polar surface area (TPSA) is 0 Å². The van der Waals surface area contributed by atoms with E-state index in [0.717, 1.165) is 142 Å². The van der Waals surface area contributed by atoms with E-state index in [-0.39, 0.29) is 0 Å². The van der Waals surface area contributed by atoms with Crippen LogP contribution in [0.1, 0.15) is 653 Å². The van der Waals surface area contributed by atoms with Crippen LogP contribution in [0.2, 0.25) is 0 Å². The van der Waals surface area contributed by atoms with E-state index < -0.39 is 0 Å². The van der Waals surface area contributed by atoms with Gasteiger partial charge < -0.3 is 0 Å². The summed E-state index contributed by atoms with van der Waals surface area (Å²) in [5, 5.41) is 0. The minimum Gasteiger partial charge on any atom is -0.0651 e. The van der Waals surface area contributed by atoms with Gasteiger partial charge in [0.15, 0.2) is 0 Å². The normalized spacial score (nSPS) is 9.60. The van der Waals surface area contributed by atoms with Crippen molar-refractivity contribution in [3.63, 3.8) is 0 Å². The molecule has 0 aromatic heterocycles. The third-order valence-electron chi connectivity index (χ3n) is 19.6. The van der Waals surface area contributed by atoms with Crippen molar-refractivity contribution in [1.29, 1.82) is 0 Å². The maximum absolute atomic E-state index is 2.22. The molecule has 0 nitrogen and oxygen atoms in total. The van der Waals surface area contributed by atoms with Gasteiger partial charge in [0.2, 0.25) is 0 Å². The lowest BCUT2D eigenvalue weighted by Crippen LogP contribution is -1.77. The lowest BCUT2D eigenvalue weighted by atomic mass is 10.2. The SMILES string of the molecule is CCC(C)C.CCC(C)C.CCC(C)C.CCC(C)C.CCC(C)C.CCC(C)C.CCC(C)C.CCC(C)C.CCC(C)C.CCC(C)C.CCC(C)C.CCC(C)C.CCC(C)C.CCC(C)C.CCC(C)C.CCC(C)C.CCC(C)C.CCC(C)C.CCC(C)C.CCC(C)C.CCC(C)C.CCC(C)C.CCC(C)C.CCC(C)C. The molecule has 0 saturated heterocycles. The fourth-order valence-corrected chi connectivity index (χ4v) is 0. The van der Waals surface area contributed by atoms with E-state index in [0.29, 0.717) is 0 Å². The van der Waals surface area contributed by atoms with Crippen LogP contribution in [0.15, 0.2) is 0 Å². The average Bonchev–Trinajstić information content (AvgIpc) is 3.69. The van der Waals surface area contributed by atoms with Crippen molar-refractivity contribution >= 4 is 0 Å². The summed E-state index contributed by atoms with van der Waals surface area (Å²) in [5.41, 5.74) is 0. The largest absolute Gasteiger partial charge is 0.0651 e. The lowest BCUT2D eigenvalue weighted by Gasteiger charge is -1.90. The van der Waals surface area contributed by atoms with Crippen LogP contribution in [0.4, 0.5) is 0 Å². The van der Waals surface area contributed by atoms with Gasteiger partial charge >= 0.3 is 0 Å². The Morgan fingerprint density at radius 2 is 0.0667 bits per heavy atom. The second-order valence-corrected chi connectivity index (χ2v) is 43.3. The minimum absolute atomic E-state index is 0.884. The van der Waals surface area contributed by atoms with Crippen LogP contribution in [0.5, 0.6) is 0 Å². The molecule has 0 bridgehead atoms. The molecule has 120 heavy (non-hydrogen) atoms. The maximum atomic E-state index is 2.22. The molecule has 0 aliphatic carbocycles. The standard InChI is InChI=1S/24C5H12/c24*1-4-5(2)3/h24*5H,4H2,1-3H3. The van der Waals surface area contributed by atoms with Gasteiger partial charge in [0.05, 0.1) is 0 Å². The zero-order valence-corrected chi connectivity index (χ0v) is 103. The third-order valence-corrected chi connectivity index (χ3v) is 19.6. The quantitative estimate of drug-likeness (QED) is 0.0904. The summed E-state index contributed by atoms with van der Waals surface area (Å²) < 4.78 is 0. The number of rotatable bonds is 24. The molecule has 0 aliphatic rings. The van der Waals surface area contributed by atoms with Gasteiger partial charge in [-0.3, -0.25) is 0 Å². The molecule has 0 saturated carbocycles. The van der Waals surface area contributed by atoms with Crippen LogP contribution in [0, 0.1) is 142 Å². The molecule has 0 atom stereocenters. The first-order valence-corrected chi connectivity index (χ1v) is 54.5. The molecule has 0 amide bonds. The van der Waals surface area contributed by atoms with Crippen LogP contribution in [-0.2, 0) is 0 Å². The van der Waals surface area contributed by atoms with Crippen molar-refractivity contribution < 1.29 is 0 Å². The summed E-state index contributed by atoms with van der Waals surface area (Å²) in [4.78, 5) is 0. The molecule has 0 fully saturated rings. The van der Waals surface area contributed by atoms with E-state index in [1.807, 2.05) is 0 Å². The molecule has 0 aromatic carbocycles. The summed E-state index contributed by atoms with van der Waals surface area (Å²) >= 11 is 0. The zero-order chi connectivity index (χ0) is 103. The van der Waals surface area contributed by atoms with Crippen LogP contribution < -0.4 is 0 Å². The Labute approximate surface area is 789 Å². The molecular formula is C120H288. The van der Waals surface area contributed by atoms with E-state index in [2.05, 4.69) is 499 Å². The first-order valence-electron chi connectivity index (χ1n) is 54.5. The smallest absolute Gasteiger partial charge is 0.0474 e. The van der Waals surface area contributed by atoms with E-state index in [1.54, 1.807) is 0 Å². The predicted molar refractivity (Wildman–Crippen MR) is 603 cm³/mol. The molecule has 0 rings (SSSR count). The zero-order valence-electron chi connectivity index (χ0n) is 103. The Bertz CT molecular complexity index is 776. The van der Waals surface area contributed by atoms with Gasteiger partial charge in [-0.25, -0.2) is 0 Å². The Morgan fingerprint density at radius 1 is 0.0583 bits per heavy atom. The van der Waals surface area contributed by atoms with Gasteiger partial charge in [0, 0.05) is 0 Å². The molecule has 0 unspecified atom stereocenters. The molecular weight excluding hydrogens is 1440 g/mol. The Hall–Kier alpha value is 0. The van der Waals surface area contributed by atoms with Gasteiger partial charge in [-0.05, 0) is 142 Å². The van der Waals surface area contributed by atoms with Crippen LogP contribution >= 0.6 is 0 Å². The highest BCUT2D eigenvalue weighted by atomic mass is 14.0.